The van der Waals surface area contributed by atoms with Gasteiger partial charge in [0.2, 0.25) is 0 Å². The van der Waals surface area contributed by atoms with E-state index in [-0.39, 0.29) is 12.4 Å². The molecule has 4 heteroatoms. The van der Waals surface area contributed by atoms with Crippen LogP contribution in [0.2, 0.25) is 0 Å². The van der Waals surface area contributed by atoms with Crippen LogP contribution in [0.1, 0.15) is 18.4 Å². The van der Waals surface area contributed by atoms with Gasteiger partial charge in [0, 0.05) is 44.0 Å². The zero-order chi connectivity index (χ0) is 13.2. The van der Waals surface area contributed by atoms with Crippen molar-refractivity contribution in [3.63, 3.8) is 0 Å². The van der Waals surface area contributed by atoms with Gasteiger partial charge in [-0.2, -0.15) is 0 Å². The molecule has 2 aliphatic rings. The number of benzene rings is 1. The van der Waals surface area contributed by atoms with Crippen LogP contribution in [-0.4, -0.2) is 42.7 Å². The average molecular weight is 264 g/mol. The van der Waals surface area contributed by atoms with Crippen LogP contribution in [0.3, 0.4) is 0 Å². The zero-order valence-electron chi connectivity index (χ0n) is 11.2. The summed E-state index contributed by atoms with van der Waals surface area (Å²) in [5.41, 5.74) is 1.67. The zero-order valence-corrected chi connectivity index (χ0v) is 11.2. The van der Waals surface area contributed by atoms with Crippen molar-refractivity contribution in [2.45, 2.75) is 19.4 Å². The molecule has 0 aromatic heterocycles. The molecule has 1 saturated heterocycles. The molecule has 3 rings (SSSR count). The largest absolute Gasteiger partial charge is 0.392 e. The van der Waals surface area contributed by atoms with Crippen molar-refractivity contribution < 1.29 is 9.50 Å². The summed E-state index contributed by atoms with van der Waals surface area (Å²) >= 11 is 0. The SMILES string of the molecule is OCc1cc(F)ccc1N1CCN(CC2CC2)CC1. The van der Waals surface area contributed by atoms with Gasteiger partial charge in [-0.25, -0.2) is 4.39 Å². The van der Waals surface area contributed by atoms with E-state index in [4.69, 9.17) is 0 Å². The van der Waals surface area contributed by atoms with Gasteiger partial charge in [0.25, 0.3) is 0 Å². The monoisotopic (exact) mass is 264 g/mol. The van der Waals surface area contributed by atoms with Crippen LogP contribution in [0.4, 0.5) is 10.1 Å². The predicted molar refractivity (Wildman–Crippen MR) is 73.7 cm³/mol. The Balaban J connectivity index is 1.63. The molecule has 104 valence electrons. The third-order valence-electron chi connectivity index (χ3n) is 4.14. The second-order valence-corrected chi connectivity index (χ2v) is 5.66. The minimum absolute atomic E-state index is 0.102. The van der Waals surface area contributed by atoms with Crippen LogP contribution in [0.25, 0.3) is 0 Å². The van der Waals surface area contributed by atoms with Gasteiger partial charge in [-0.1, -0.05) is 0 Å². The highest BCUT2D eigenvalue weighted by molar-refractivity contribution is 5.54. The Hall–Kier alpha value is -1.13. The number of hydrogen-bond acceptors (Lipinski definition) is 3. The first kappa shape index (κ1) is 12.9. The van der Waals surface area contributed by atoms with Gasteiger partial charge < -0.3 is 10.0 Å². The first-order valence-corrected chi connectivity index (χ1v) is 7.13. The topological polar surface area (TPSA) is 26.7 Å². The highest BCUT2D eigenvalue weighted by Gasteiger charge is 2.26. The van der Waals surface area contributed by atoms with Crippen LogP contribution >= 0.6 is 0 Å². The molecule has 2 fully saturated rings. The van der Waals surface area contributed by atoms with E-state index in [0.717, 1.165) is 37.8 Å². The van der Waals surface area contributed by atoms with Crippen LogP contribution in [-0.2, 0) is 6.61 Å². The molecule has 1 saturated carbocycles. The Morgan fingerprint density at radius 3 is 2.53 bits per heavy atom. The molecule has 0 bridgehead atoms. The molecule has 0 unspecified atom stereocenters. The number of nitrogens with zero attached hydrogens (tertiary/aromatic N) is 2. The second kappa shape index (κ2) is 5.47. The van der Waals surface area contributed by atoms with Crippen molar-refractivity contribution in [3.8, 4) is 0 Å². The molecule has 0 radical (unpaired) electrons. The number of aliphatic hydroxyl groups excluding tert-OH is 1. The maximum absolute atomic E-state index is 13.2. The Labute approximate surface area is 113 Å². The molecule has 0 atom stereocenters. The van der Waals surface area contributed by atoms with Crippen LogP contribution in [0.5, 0.6) is 0 Å². The predicted octanol–water partition coefficient (Wildman–Crippen LogP) is 1.85. The lowest BCUT2D eigenvalue weighted by Crippen LogP contribution is -2.47. The van der Waals surface area contributed by atoms with E-state index in [1.807, 2.05) is 0 Å². The van der Waals surface area contributed by atoms with Gasteiger partial charge >= 0.3 is 0 Å². The van der Waals surface area contributed by atoms with Gasteiger partial charge in [0.1, 0.15) is 5.82 Å². The molecule has 0 spiro atoms. The Morgan fingerprint density at radius 1 is 1.16 bits per heavy atom. The van der Waals surface area contributed by atoms with E-state index in [0.29, 0.717) is 5.56 Å². The molecule has 1 aromatic carbocycles. The van der Waals surface area contributed by atoms with Crippen molar-refractivity contribution >= 4 is 5.69 Å². The van der Waals surface area contributed by atoms with Crippen LogP contribution < -0.4 is 4.90 Å². The van der Waals surface area contributed by atoms with E-state index >= 15 is 0 Å². The van der Waals surface area contributed by atoms with Gasteiger partial charge in [-0.3, -0.25) is 4.90 Å². The number of aliphatic hydroxyl groups is 1. The fraction of sp³-hybridized carbons (Fsp3) is 0.600. The Bertz CT molecular complexity index is 440. The van der Waals surface area contributed by atoms with Crippen molar-refractivity contribution in [1.82, 2.24) is 4.90 Å². The van der Waals surface area contributed by atoms with Crippen molar-refractivity contribution in [2.75, 3.05) is 37.6 Å². The number of hydrogen-bond donors (Lipinski definition) is 1. The van der Waals surface area contributed by atoms with E-state index in [9.17, 15) is 9.50 Å². The van der Waals surface area contributed by atoms with Gasteiger partial charge in [-0.15, -0.1) is 0 Å². The lowest BCUT2D eigenvalue weighted by molar-refractivity contribution is 0.246. The first-order chi connectivity index (χ1) is 9.26. The molecule has 1 N–H and O–H groups in total. The highest BCUT2D eigenvalue weighted by Crippen LogP contribution is 2.30. The third kappa shape index (κ3) is 3.07. The van der Waals surface area contributed by atoms with Crippen molar-refractivity contribution in [3.05, 3.63) is 29.6 Å². The maximum atomic E-state index is 13.2. The lowest BCUT2D eigenvalue weighted by atomic mass is 10.1. The van der Waals surface area contributed by atoms with Crippen molar-refractivity contribution in [1.29, 1.82) is 0 Å². The summed E-state index contributed by atoms with van der Waals surface area (Å²) in [7, 11) is 0. The first-order valence-electron chi connectivity index (χ1n) is 7.13. The molecular formula is C15H21FN2O. The molecule has 1 heterocycles. The fourth-order valence-electron chi connectivity index (χ4n) is 2.83. The normalized spacial score (nSPS) is 20.8. The van der Waals surface area contributed by atoms with Gasteiger partial charge in [0.15, 0.2) is 0 Å². The summed E-state index contributed by atoms with van der Waals surface area (Å²) in [6.45, 7) is 5.20. The quantitative estimate of drug-likeness (QED) is 0.899. The van der Waals surface area contributed by atoms with E-state index in [1.165, 1.54) is 31.5 Å². The summed E-state index contributed by atoms with van der Waals surface area (Å²) in [5.74, 6) is 0.658. The Kier molecular flexibility index (Phi) is 3.71. The minimum Gasteiger partial charge on any atom is -0.392 e. The van der Waals surface area contributed by atoms with Gasteiger partial charge in [0.05, 0.1) is 6.61 Å². The summed E-state index contributed by atoms with van der Waals surface area (Å²) in [4.78, 5) is 4.78. The number of rotatable bonds is 4. The molecule has 1 aromatic rings. The summed E-state index contributed by atoms with van der Waals surface area (Å²) in [6.07, 6.45) is 2.79. The van der Waals surface area contributed by atoms with E-state index < -0.39 is 0 Å². The molecule has 0 amide bonds. The summed E-state index contributed by atoms with van der Waals surface area (Å²) < 4.78 is 13.2. The molecular weight excluding hydrogens is 243 g/mol. The minimum atomic E-state index is -0.278. The second-order valence-electron chi connectivity index (χ2n) is 5.66. The summed E-state index contributed by atoms with van der Waals surface area (Å²) in [5, 5.41) is 9.35. The molecule has 3 nitrogen and oxygen atoms in total. The summed E-state index contributed by atoms with van der Waals surface area (Å²) in [6, 6.07) is 4.70. The van der Waals surface area contributed by atoms with E-state index in [1.54, 1.807) is 6.07 Å². The number of piperazine rings is 1. The standard InChI is InChI=1S/C15H21FN2O/c16-14-3-4-15(13(9-14)11-19)18-7-5-17(6-8-18)10-12-1-2-12/h3-4,9,12,19H,1-2,5-8,10-11H2. The lowest BCUT2D eigenvalue weighted by Gasteiger charge is -2.37. The molecule has 19 heavy (non-hydrogen) atoms. The van der Waals surface area contributed by atoms with Crippen molar-refractivity contribution in [2.24, 2.45) is 5.92 Å². The maximum Gasteiger partial charge on any atom is 0.123 e. The average Bonchev–Trinajstić information content (AvgIpc) is 3.24. The highest BCUT2D eigenvalue weighted by atomic mass is 19.1. The number of anilines is 1. The van der Waals surface area contributed by atoms with E-state index in [2.05, 4.69) is 9.80 Å². The third-order valence-corrected chi connectivity index (χ3v) is 4.14. The number of halogens is 1. The molecule has 1 aliphatic heterocycles. The van der Waals surface area contributed by atoms with Crippen LogP contribution in [0.15, 0.2) is 18.2 Å². The smallest absolute Gasteiger partial charge is 0.123 e. The fourth-order valence-corrected chi connectivity index (χ4v) is 2.83. The van der Waals surface area contributed by atoms with Crippen LogP contribution in [0, 0.1) is 11.7 Å². The molecule has 1 aliphatic carbocycles. The Morgan fingerprint density at radius 2 is 1.89 bits per heavy atom. The van der Waals surface area contributed by atoms with Gasteiger partial charge in [-0.05, 0) is 37.0 Å².